The molecule has 2 rings (SSSR count). The largest absolute Gasteiger partial charge is 0.379 e. The first-order valence-corrected chi connectivity index (χ1v) is 7.96. The van der Waals surface area contributed by atoms with Crippen LogP contribution in [-0.4, -0.2) is 55.2 Å². The van der Waals surface area contributed by atoms with Crippen LogP contribution in [0.4, 0.5) is 0 Å². The summed E-state index contributed by atoms with van der Waals surface area (Å²) in [4.78, 5) is 19.7. The van der Waals surface area contributed by atoms with Crippen LogP contribution in [-0.2, 0) is 16.0 Å². The maximum Gasteiger partial charge on any atom is 0.234 e. The third kappa shape index (κ3) is 4.85. The lowest BCUT2D eigenvalue weighted by atomic mass is 10.3. The molecule has 1 aromatic rings. The van der Waals surface area contributed by atoms with Crippen LogP contribution in [0.25, 0.3) is 0 Å². The molecule has 1 N–H and O–H groups in total. The second-order valence-electron chi connectivity index (χ2n) is 5.09. The molecule has 112 valence electrons. The summed E-state index contributed by atoms with van der Waals surface area (Å²) >= 11 is 1.76. The van der Waals surface area contributed by atoms with Crippen molar-refractivity contribution in [2.24, 2.45) is 0 Å². The minimum Gasteiger partial charge on any atom is -0.379 e. The van der Waals surface area contributed by atoms with Gasteiger partial charge in [-0.2, -0.15) is 0 Å². The normalized spacial score (nSPS) is 16.3. The number of carbonyl (C=O) groups excluding carboxylic acids is 1. The molecule has 1 aliphatic rings. The lowest BCUT2D eigenvalue weighted by Crippen LogP contribution is -2.43. The van der Waals surface area contributed by atoms with Crippen molar-refractivity contribution in [2.75, 3.05) is 39.4 Å². The number of hydrogen-bond acceptors (Lipinski definition) is 5. The molecule has 1 saturated heterocycles. The third-order valence-corrected chi connectivity index (χ3v) is 4.57. The van der Waals surface area contributed by atoms with Gasteiger partial charge in [0.2, 0.25) is 5.91 Å². The first kappa shape index (κ1) is 15.4. The topological polar surface area (TPSA) is 54.5 Å². The summed E-state index contributed by atoms with van der Waals surface area (Å²) in [7, 11) is 0. The van der Waals surface area contributed by atoms with E-state index in [1.165, 1.54) is 9.88 Å². The van der Waals surface area contributed by atoms with Gasteiger partial charge in [-0.3, -0.25) is 9.69 Å². The highest BCUT2D eigenvalue weighted by molar-refractivity contribution is 7.11. The first-order valence-electron chi connectivity index (χ1n) is 7.15. The quantitative estimate of drug-likeness (QED) is 0.800. The molecule has 1 aromatic heterocycles. The van der Waals surface area contributed by atoms with Gasteiger partial charge in [-0.1, -0.05) is 0 Å². The number of carbonyl (C=O) groups is 1. The summed E-state index contributed by atoms with van der Waals surface area (Å²) in [6, 6.07) is 0. The number of nitrogens with one attached hydrogen (secondary N) is 1. The number of morpholine rings is 1. The van der Waals surface area contributed by atoms with Gasteiger partial charge in [0.05, 0.1) is 30.5 Å². The molecule has 6 heteroatoms. The number of rotatable bonds is 6. The van der Waals surface area contributed by atoms with Gasteiger partial charge in [0, 0.05) is 30.9 Å². The Hall–Kier alpha value is -0.980. The molecular weight excluding hydrogens is 274 g/mol. The number of thiazole rings is 1. The number of hydrogen-bond donors (Lipinski definition) is 1. The van der Waals surface area contributed by atoms with Gasteiger partial charge < -0.3 is 10.1 Å². The smallest absolute Gasteiger partial charge is 0.234 e. The summed E-state index contributed by atoms with van der Waals surface area (Å²) < 4.78 is 5.26. The molecule has 5 nitrogen and oxygen atoms in total. The summed E-state index contributed by atoms with van der Waals surface area (Å²) in [5.41, 5.74) is 1.13. The fourth-order valence-corrected chi connectivity index (χ4v) is 3.11. The summed E-state index contributed by atoms with van der Waals surface area (Å²) in [6.45, 7) is 8.52. The average Bonchev–Trinajstić information content (AvgIpc) is 2.75. The van der Waals surface area contributed by atoms with Crippen molar-refractivity contribution in [3.05, 3.63) is 15.6 Å². The zero-order chi connectivity index (χ0) is 14.4. The molecular formula is C14H23N3O2S. The zero-order valence-electron chi connectivity index (χ0n) is 12.3. The molecule has 2 heterocycles. The summed E-state index contributed by atoms with van der Waals surface area (Å²) in [5, 5.41) is 4.15. The van der Waals surface area contributed by atoms with Crippen molar-refractivity contribution in [3.63, 3.8) is 0 Å². The lowest BCUT2D eigenvalue weighted by Gasteiger charge is -2.25. The van der Waals surface area contributed by atoms with Crippen LogP contribution >= 0.6 is 11.3 Å². The molecule has 20 heavy (non-hydrogen) atoms. The predicted octanol–water partition coefficient (Wildman–Crippen LogP) is 1.14. The van der Waals surface area contributed by atoms with E-state index in [4.69, 9.17) is 4.74 Å². The van der Waals surface area contributed by atoms with Gasteiger partial charge in [-0.25, -0.2) is 4.98 Å². The minimum atomic E-state index is 0.110. The Morgan fingerprint density at radius 1 is 1.40 bits per heavy atom. The molecule has 0 atom stereocenters. The van der Waals surface area contributed by atoms with E-state index in [1.54, 1.807) is 11.3 Å². The highest BCUT2D eigenvalue weighted by atomic mass is 32.1. The SMILES string of the molecule is Cc1nc(CCCNC(=O)CN2CCOCC2)sc1C. The average molecular weight is 297 g/mol. The number of amides is 1. The van der Waals surface area contributed by atoms with Crippen molar-refractivity contribution >= 4 is 17.2 Å². The van der Waals surface area contributed by atoms with E-state index in [0.29, 0.717) is 6.54 Å². The molecule has 0 saturated carbocycles. The molecule has 1 aliphatic heterocycles. The van der Waals surface area contributed by atoms with Crippen LogP contribution in [0, 0.1) is 13.8 Å². The highest BCUT2D eigenvalue weighted by Gasteiger charge is 2.13. The van der Waals surface area contributed by atoms with Crippen LogP contribution in [0.5, 0.6) is 0 Å². The van der Waals surface area contributed by atoms with Gasteiger partial charge in [-0.15, -0.1) is 11.3 Å². The molecule has 0 unspecified atom stereocenters. The van der Waals surface area contributed by atoms with E-state index in [1.807, 2.05) is 6.92 Å². The van der Waals surface area contributed by atoms with Crippen LogP contribution < -0.4 is 5.32 Å². The van der Waals surface area contributed by atoms with E-state index < -0.39 is 0 Å². The maximum absolute atomic E-state index is 11.8. The minimum absolute atomic E-state index is 0.110. The molecule has 0 spiro atoms. The highest BCUT2D eigenvalue weighted by Crippen LogP contribution is 2.17. The second kappa shape index (κ2) is 7.71. The lowest BCUT2D eigenvalue weighted by molar-refractivity contribution is -0.123. The van der Waals surface area contributed by atoms with Gasteiger partial charge in [0.25, 0.3) is 0 Å². The maximum atomic E-state index is 11.8. The number of ether oxygens (including phenoxy) is 1. The van der Waals surface area contributed by atoms with Crippen LogP contribution in [0.2, 0.25) is 0 Å². The van der Waals surface area contributed by atoms with E-state index in [-0.39, 0.29) is 5.91 Å². The van der Waals surface area contributed by atoms with Crippen molar-refractivity contribution in [2.45, 2.75) is 26.7 Å². The molecule has 0 bridgehead atoms. The molecule has 0 aromatic carbocycles. The van der Waals surface area contributed by atoms with Gasteiger partial charge in [0.1, 0.15) is 0 Å². The Morgan fingerprint density at radius 2 is 2.15 bits per heavy atom. The van der Waals surface area contributed by atoms with Crippen molar-refractivity contribution in [3.8, 4) is 0 Å². The van der Waals surface area contributed by atoms with Gasteiger partial charge in [-0.05, 0) is 20.3 Å². The van der Waals surface area contributed by atoms with Crippen LogP contribution in [0.3, 0.4) is 0 Å². The second-order valence-corrected chi connectivity index (χ2v) is 6.38. The number of aromatic nitrogens is 1. The Kier molecular flexibility index (Phi) is 5.94. The standard InChI is InChI=1S/C14H23N3O2S/c1-11-12(2)20-14(16-11)4-3-5-15-13(18)10-17-6-8-19-9-7-17/h3-10H2,1-2H3,(H,15,18). The van der Waals surface area contributed by atoms with E-state index in [9.17, 15) is 4.79 Å². The first-order chi connectivity index (χ1) is 9.65. The molecule has 0 aliphatic carbocycles. The third-order valence-electron chi connectivity index (χ3n) is 3.43. The van der Waals surface area contributed by atoms with Gasteiger partial charge >= 0.3 is 0 Å². The Labute approximate surface area is 124 Å². The van der Waals surface area contributed by atoms with Crippen LogP contribution in [0.1, 0.15) is 22.0 Å². The van der Waals surface area contributed by atoms with Crippen molar-refractivity contribution in [1.82, 2.24) is 15.2 Å². The Balaban J connectivity index is 1.59. The van der Waals surface area contributed by atoms with E-state index >= 15 is 0 Å². The van der Waals surface area contributed by atoms with Crippen molar-refractivity contribution < 1.29 is 9.53 Å². The fraction of sp³-hybridized carbons (Fsp3) is 0.714. The predicted molar refractivity (Wildman–Crippen MR) is 80.2 cm³/mol. The number of nitrogens with zero attached hydrogens (tertiary/aromatic N) is 2. The Bertz CT molecular complexity index is 422. The zero-order valence-corrected chi connectivity index (χ0v) is 13.1. The van der Waals surface area contributed by atoms with Gasteiger partial charge in [0.15, 0.2) is 0 Å². The van der Waals surface area contributed by atoms with E-state index in [0.717, 1.165) is 51.4 Å². The molecule has 1 fully saturated rings. The fourth-order valence-electron chi connectivity index (χ4n) is 2.13. The van der Waals surface area contributed by atoms with Crippen molar-refractivity contribution in [1.29, 1.82) is 0 Å². The molecule has 0 radical (unpaired) electrons. The Morgan fingerprint density at radius 3 is 2.80 bits per heavy atom. The molecule has 1 amide bonds. The number of aryl methyl sites for hydroxylation is 3. The summed E-state index contributed by atoms with van der Waals surface area (Å²) in [6.07, 6.45) is 1.89. The summed E-state index contributed by atoms with van der Waals surface area (Å²) in [5.74, 6) is 0.110. The van der Waals surface area contributed by atoms with Crippen LogP contribution in [0.15, 0.2) is 0 Å². The van der Waals surface area contributed by atoms with E-state index in [2.05, 4.69) is 22.1 Å². The monoisotopic (exact) mass is 297 g/mol.